The maximum absolute atomic E-state index is 11.8. The predicted octanol–water partition coefficient (Wildman–Crippen LogP) is 1.83. The minimum absolute atomic E-state index is 0.0369. The molecule has 0 radical (unpaired) electrons. The molecular weight excluding hydrogens is 268 g/mol. The molecule has 1 aromatic rings. The van der Waals surface area contributed by atoms with Crippen molar-refractivity contribution in [3.8, 4) is 5.75 Å². The van der Waals surface area contributed by atoms with Crippen LogP contribution in [-0.2, 0) is 0 Å². The van der Waals surface area contributed by atoms with Crippen molar-refractivity contribution in [3.63, 3.8) is 0 Å². The normalized spacial score (nSPS) is 16.9. The van der Waals surface area contributed by atoms with Crippen molar-refractivity contribution in [2.45, 2.75) is 32.2 Å². The maximum Gasteiger partial charge on any atom is 0.315 e. The largest absolute Gasteiger partial charge is 0.491 e. The van der Waals surface area contributed by atoms with Crippen LogP contribution in [-0.4, -0.2) is 36.4 Å². The van der Waals surface area contributed by atoms with Gasteiger partial charge in [-0.1, -0.05) is 18.2 Å². The second kappa shape index (κ2) is 6.80. The lowest BCUT2D eigenvalue weighted by Crippen LogP contribution is -2.54. The third kappa shape index (κ3) is 4.36. The smallest absolute Gasteiger partial charge is 0.315 e. The van der Waals surface area contributed by atoms with E-state index in [0.717, 1.165) is 24.2 Å². The monoisotopic (exact) mass is 292 g/mol. The van der Waals surface area contributed by atoms with Crippen LogP contribution < -0.4 is 15.4 Å². The van der Waals surface area contributed by atoms with Gasteiger partial charge in [0.2, 0.25) is 0 Å². The lowest BCUT2D eigenvalue weighted by molar-refractivity contribution is 0.154. The minimum atomic E-state index is -0.513. The number of aliphatic hydroxyl groups is 1. The van der Waals surface area contributed by atoms with Gasteiger partial charge in [-0.3, -0.25) is 0 Å². The third-order valence-electron chi connectivity index (χ3n) is 3.94. The van der Waals surface area contributed by atoms with Crippen molar-refractivity contribution in [1.29, 1.82) is 0 Å². The molecule has 1 aromatic carbocycles. The number of ether oxygens (including phenoxy) is 1. The lowest BCUT2D eigenvalue weighted by Gasteiger charge is -2.28. The van der Waals surface area contributed by atoms with E-state index in [-0.39, 0.29) is 12.6 Å². The number of amides is 2. The molecule has 0 heterocycles. The Balaban J connectivity index is 1.69. The fourth-order valence-electron chi connectivity index (χ4n) is 2.34. The van der Waals surface area contributed by atoms with Crippen LogP contribution in [0.2, 0.25) is 0 Å². The van der Waals surface area contributed by atoms with E-state index in [4.69, 9.17) is 4.74 Å². The van der Waals surface area contributed by atoms with E-state index in [2.05, 4.69) is 10.6 Å². The first-order valence-corrected chi connectivity index (χ1v) is 7.40. The van der Waals surface area contributed by atoms with E-state index in [9.17, 15) is 9.90 Å². The van der Waals surface area contributed by atoms with Crippen LogP contribution in [0, 0.1) is 12.8 Å². The Morgan fingerprint density at radius 3 is 2.76 bits per heavy atom. The van der Waals surface area contributed by atoms with Crippen molar-refractivity contribution < 1.29 is 14.6 Å². The molecule has 0 aromatic heterocycles. The zero-order valence-electron chi connectivity index (χ0n) is 12.7. The summed E-state index contributed by atoms with van der Waals surface area (Å²) in [5.74, 6) is 1.22. The lowest BCUT2D eigenvalue weighted by atomic mass is 9.97. The third-order valence-corrected chi connectivity index (χ3v) is 3.94. The van der Waals surface area contributed by atoms with Crippen molar-refractivity contribution in [1.82, 2.24) is 10.6 Å². The number of hydrogen-bond donors (Lipinski definition) is 3. The molecule has 21 heavy (non-hydrogen) atoms. The van der Waals surface area contributed by atoms with E-state index in [1.165, 1.54) is 0 Å². The van der Waals surface area contributed by atoms with Gasteiger partial charge in [-0.05, 0) is 44.2 Å². The Morgan fingerprint density at radius 1 is 1.43 bits per heavy atom. The second-order valence-electron chi connectivity index (χ2n) is 5.84. The molecule has 1 atom stereocenters. The Hall–Kier alpha value is -1.75. The van der Waals surface area contributed by atoms with Gasteiger partial charge in [-0.15, -0.1) is 0 Å². The summed E-state index contributed by atoms with van der Waals surface area (Å²) in [6.07, 6.45) is 2.13. The Morgan fingerprint density at radius 2 is 2.14 bits per heavy atom. The number of urea groups is 1. The molecular formula is C16H24N2O3. The van der Waals surface area contributed by atoms with Crippen LogP contribution in [0.4, 0.5) is 4.79 Å². The molecule has 0 saturated heterocycles. The van der Waals surface area contributed by atoms with Gasteiger partial charge in [0.25, 0.3) is 0 Å². The number of para-hydroxylation sites is 1. The molecule has 1 aliphatic rings. The van der Waals surface area contributed by atoms with Crippen molar-refractivity contribution in [3.05, 3.63) is 29.8 Å². The van der Waals surface area contributed by atoms with E-state index in [1.54, 1.807) is 0 Å². The zero-order valence-corrected chi connectivity index (χ0v) is 12.7. The van der Waals surface area contributed by atoms with E-state index in [0.29, 0.717) is 19.1 Å². The van der Waals surface area contributed by atoms with Crippen LogP contribution in [0.25, 0.3) is 0 Å². The molecule has 116 valence electrons. The first-order chi connectivity index (χ1) is 10.0. The summed E-state index contributed by atoms with van der Waals surface area (Å²) in [5.41, 5.74) is 0.560. The maximum atomic E-state index is 11.8. The molecule has 1 saturated carbocycles. The summed E-state index contributed by atoms with van der Waals surface area (Å²) >= 11 is 0. The molecule has 2 amide bonds. The van der Waals surface area contributed by atoms with Gasteiger partial charge in [0.1, 0.15) is 12.4 Å². The molecule has 5 nitrogen and oxygen atoms in total. The molecule has 3 N–H and O–H groups in total. The molecule has 2 rings (SSSR count). The highest BCUT2D eigenvalue weighted by Crippen LogP contribution is 2.39. The fourth-order valence-corrected chi connectivity index (χ4v) is 2.34. The van der Waals surface area contributed by atoms with Crippen LogP contribution >= 0.6 is 0 Å². The number of rotatable bonds is 7. The summed E-state index contributed by atoms with van der Waals surface area (Å²) in [6.45, 7) is 4.67. The van der Waals surface area contributed by atoms with Gasteiger partial charge in [0.05, 0.1) is 18.7 Å². The summed E-state index contributed by atoms with van der Waals surface area (Å²) < 4.78 is 5.61. The number of aryl methyl sites for hydroxylation is 1. The summed E-state index contributed by atoms with van der Waals surface area (Å²) in [5, 5.41) is 15.0. The molecule has 0 bridgehead atoms. The van der Waals surface area contributed by atoms with Gasteiger partial charge in [-0.2, -0.15) is 0 Å². The van der Waals surface area contributed by atoms with E-state index >= 15 is 0 Å². The predicted molar refractivity (Wildman–Crippen MR) is 81.4 cm³/mol. The summed E-state index contributed by atoms with van der Waals surface area (Å²) in [4.78, 5) is 11.8. The van der Waals surface area contributed by atoms with Crippen LogP contribution in [0.5, 0.6) is 5.75 Å². The highest BCUT2D eigenvalue weighted by Gasteiger charge is 2.42. The number of carbonyl (C=O) groups excluding carboxylic acids is 1. The molecule has 5 heteroatoms. The summed E-state index contributed by atoms with van der Waals surface area (Å²) in [7, 11) is 0. The molecule has 1 unspecified atom stereocenters. The molecule has 0 aliphatic heterocycles. The van der Waals surface area contributed by atoms with Gasteiger partial charge in [-0.25, -0.2) is 4.79 Å². The number of aliphatic hydroxyl groups excluding tert-OH is 1. The van der Waals surface area contributed by atoms with Gasteiger partial charge in [0, 0.05) is 0 Å². The van der Waals surface area contributed by atoms with Crippen LogP contribution in [0.3, 0.4) is 0 Å². The summed E-state index contributed by atoms with van der Waals surface area (Å²) in [6, 6.07) is 7.52. The average Bonchev–Trinajstić information content (AvgIpc) is 3.30. The average molecular weight is 292 g/mol. The highest BCUT2D eigenvalue weighted by molar-refractivity contribution is 5.74. The number of benzene rings is 1. The molecule has 1 aliphatic carbocycles. The first kappa shape index (κ1) is 15.6. The highest BCUT2D eigenvalue weighted by atomic mass is 16.5. The Bertz CT molecular complexity index is 488. The van der Waals surface area contributed by atoms with Crippen molar-refractivity contribution >= 4 is 6.03 Å². The molecule has 1 fully saturated rings. The van der Waals surface area contributed by atoms with E-state index < -0.39 is 5.54 Å². The van der Waals surface area contributed by atoms with Crippen LogP contribution in [0.15, 0.2) is 24.3 Å². The number of carbonyl (C=O) groups is 1. The Labute approximate surface area is 125 Å². The van der Waals surface area contributed by atoms with Crippen LogP contribution in [0.1, 0.15) is 25.3 Å². The van der Waals surface area contributed by atoms with Gasteiger partial charge >= 0.3 is 6.03 Å². The fraction of sp³-hybridized carbons (Fsp3) is 0.562. The number of nitrogens with one attached hydrogen (secondary N) is 2. The first-order valence-electron chi connectivity index (χ1n) is 7.40. The number of hydrogen-bond acceptors (Lipinski definition) is 3. The van der Waals surface area contributed by atoms with Crippen molar-refractivity contribution in [2.24, 2.45) is 5.92 Å². The quantitative estimate of drug-likeness (QED) is 0.672. The van der Waals surface area contributed by atoms with Gasteiger partial charge < -0.3 is 20.5 Å². The zero-order chi connectivity index (χ0) is 15.3. The minimum Gasteiger partial charge on any atom is -0.491 e. The second-order valence-corrected chi connectivity index (χ2v) is 5.84. The van der Waals surface area contributed by atoms with Crippen molar-refractivity contribution in [2.75, 3.05) is 19.8 Å². The SMILES string of the molecule is Cc1ccccc1OCCNC(=O)NC(C)(CO)C1CC1. The van der Waals surface area contributed by atoms with E-state index in [1.807, 2.05) is 38.1 Å². The van der Waals surface area contributed by atoms with Gasteiger partial charge in [0.15, 0.2) is 0 Å². The topological polar surface area (TPSA) is 70.6 Å². The molecule has 0 spiro atoms. The Kier molecular flexibility index (Phi) is 5.07. The standard InChI is InChI=1S/C16H24N2O3/c1-12-5-3-4-6-14(12)21-10-9-17-15(20)18-16(2,11-19)13-7-8-13/h3-6,13,19H,7-11H2,1-2H3,(H2,17,18,20).